The molecule has 3 aromatic rings. The van der Waals surface area contributed by atoms with E-state index in [0.29, 0.717) is 50.2 Å². The lowest BCUT2D eigenvalue weighted by Gasteiger charge is -2.40. The SMILES string of the molecule is CCNC(=O)C1(Cc2ccc(-c3ccccc3F)cc2)CCN(C(=O)c2ccccn2)CC1. The van der Waals surface area contributed by atoms with Crippen LogP contribution in [0, 0.1) is 11.2 Å². The first-order valence-corrected chi connectivity index (χ1v) is 11.3. The van der Waals surface area contributed by atoms with Crippen LogP contribution in [0.2, 0.25) is 0 Å². The predicted molar refractivity (Wildman–Crippen MR) is 126 cm³/mol. The van der Waals surface area contributed by atoms with E-state index in [-0.39, 0.29) is 17.6 Å². The minimum Gasteiger partial charge on any atom is -0.356 e. The number of hydrogen-bond acceptors (Lipinski definition) is 3. The molecule has 2 heterocycles. The topological polar surface area (TPSA) is 62.3 Å². The first kappa shape index (κ1) is 22.6. The normalized spacial score (nSPS) is 15.2. The monoisotopic (exact) mass is 445 g/mol. The fourth-order valence-corrected chi connectivity index (χ4v) is 4.51. The third-order valence-corrected chi connectivity index (χ3v) is 6.39. The summed E-state index contributed by atoms with van der Waals surface area (Å²) in [4.78, 5) is 31.9. The fourth-order valence-electron chi connectivity index (χ4n) is 4.51. The van der Waals surface area contributed by atoms with Gasteiger partial charge in [0, 0.05) is 31.4 Å². The van der Waals surface area contributed by atoms with Gasteiger partial charge >= 0.3 is 0 Å². The number of piperidine rings is 1. The Morgan fingerprint density at radius 1 is 1.00 bits per heavy atom. The van der Waals surface area contributed by atoms with Crippen LogP contribution in [0.25, 0.3) is 11.1 Å². The summed E-state index contributed by atoms with van der Waals surface area (Å²) in [5.41, 5.74) is 2.22. The number of nitrogens with one attached hydrogen (secondary N) is 1. The van der Waals surface area contributed by atoms with Crippen molar-refractivity contribution in [2.45, 2.75) is 26.2 Å². The van der Waals surface area contributed by atoms with Crippen LogP contribution in [0.1, 0.15) is 35.8 Å². The second kappa shape index (κ2) is 9.94. The van der Waals surface area contributed by atoms with Crippen LogP contribution in [-0.4, -0.2) is 41.3 Å². The Morgan fingerprint density at radius 3 is 2.33 bits per heavy atom. The van der Waals surface area contributed by atoms with E-state index in [1.807, 2.05) is 37.3 Å². The standard InChI is InChI=1S/C27H28FN3O2/c1-2-29-26(33)27(14-17-31(18-15-27)25(32)24-9-5-6-16-30-24)19-20-10-12-21(13-11-20)22-7-3-4-8-23(22)28/h3-13,16H,2,14-15,17-19H2,1H3,(H,29,33). The molecule has 0 bridgehead atoms. The summed E-state index contributed by atoms with van der Waals surface area (Å²) < 4.78 is 14.1. The lowest BCUT2D eigenvalue weighted by atomic mass is 9.72. The highest BCUT2D eigenvalue weighted by atomic mass is 19.1. The molecule has 1 fully saturated rings. The largest absolute Gasteiger partial charge is 0.356 e. The van der Waals surface area contributed by atoms with Gasteiger partial charge in [0.2, 0.25) is 5.91 Å². The molecule has 0 unspecified atom stereocenters. The Labute approximate surface area is 193 Å². The summed E-state index contributed by atoms with van der Waals surface area (Å²) in [6.07, 6.45) is 3.34. The van der Waals surface area contributed by atoms with Gasteiger partial charge in [-0.15, -0.1) is 0 Å². The zero-order chi connectivity index (χ0) is 23.3. The van der Waals surface area contributed by atoms with Crippen molar-refractivity contribution < 1.29 is 14.0 Å². The molecule has 0 saturated carbocycles. The molecule has 0 atom stereocenters. The molecule has 2 aromatic carbocycles. The summed E-state index contributed by atoms with van der Waals surface area (Å²) >= 11 is 0. The summed E-state index contributed by atoms with van der Waals surface area (Å²) in [6.45, 7) is 3.47. The highest BCUT2D eigenvalue weighted by molar-refractivity contribution is 5.92. The number of nitrogens with zero attached hydrogens (tertiary/aromatic N) is 2. The lowest BCUT2D eigenvalue weighted by molar-refractivity contribution is -0.133. The van der Waals surface area contributed by atoms with Crippen LogP contribution in [0.15, 0.2) is 72.9 Å². The Kier molecular flexibility index (Phi) is 6.82. The van der Waals surface area contributed by atoms with Crippen LogP contribution in [0.4, 0.5) is 4.39 Å². The van der Waals surface area contributed by atoms with Crippen molar-refractivity contribution in [3.63, 3.8) is 0 Å². The third kappa shape index (κ3) is 4.95. The van der Waals surface area contributed by atoms with Gasteiger partial charge in [0.1, 0.15) is 11.5 Å². The summed E-state index contributed by atoms with van der Waals surface area (Å²) in [5, 5.41) is 2.99. The van der Waals surface area contributed by atoms with Gasteiger partial charge in [0.05, 0.1) is 5.41 Å². The van der Waals surface area contributed by atoms with Gasteiger partial charge in [-0.05, 0) is 55.5 Å². The van der Waals surface area contributed by atoms with E-state index < -0.39 is 5.41 Å². The van der Waals surface area contributed by atoms with E-state index in [9.17, 15) is 14.0 Å². The molecule has 1 saturated heterocycles. The van der Waals surface area contributed by atoms with Crippen molar-refractivity contribution in [2.75, 3.05) is 19.6 Å². The zero-order valence-electron chi connectivity index (χ0n) is 18.8. The van der Waals surface area contributed by atoms with E-state index in [2.05, 4.69) is 10.3 Å². The number of hydrogen-bond donors (Lipinski definition) is 1. The van der Waals surface area contributed by atoms with Gasteiger partial charge in [0.25, 0.3) is 5.91 Å². The van der Waals surface area contributed by atoms with Crippen LogP contribution >= 0.6 is 0 Å². The highest BCUT2D eigenvalue weighted by Crippen LogP contribution is 2.36. The molecule has 0 radical (unpaired) electrons. The Balaban J connectivity index is 1.51. The molecule has 1 aromatic heterocycles. The Hall–Kier alpha value is -3.54. The fraction of sp³-hybridized carbons (Fsp3) is 0.296. The van der Waals surface area contributed by atoms with Gasteiger partial charge < -0.3 is 10.2 Å². The number of likely N-dealkylation sites (tertiary alicyclic amines) is 1. The van der Waals surface area contributed by atoms with Crippen LogP contribution in [0.3, 0.4) is 0 Å². The molecule has 33 heavy (non-hydrogen) atoms. The van der Waals surface area contributed by atoms with Gasteiger partial charge in [0.15, 0.2) is 0 Å². The quantitative estimate of drug-likeness (QED) is 0.608. The minimum absolute atomic E-state index is 0.0214. The number of halogens is 1. The Bertz CT molecular complexity index is 1110. The van der Waals surface area contributed by atoms with E-state index in [1.165, 1.54) is 6.07 Å². The molecule has 2 amide bonds. The van der Waals surface area contributed by atoms with Crippen molar-refractivity contribution in [1.82, 2.24) is 15.2 Å². The maximum Gasteiger partial charge on any atom is 0.272 e. The molecule has 1 N–H and O–H groups in total. The molecule has 5 nitrogen and oxygen atoms in total. The molecule has 1 aliphatic rings. The van der Waals surface area contributed by atoms with Gasteiger partial charge in [-0.2, -0.15) is 0 Å². The first-order valence-electron chi connectivity index (χ1n) is 11.3. The summed E-state index contributed by atoms with van der Waals surface area (Å²) in [6, 6.07) is 19.7. The summed E-state index contributed by atoms with van der Waals surface area (Å²) in [7, 11) is 0. The molecular formula is C27H28FN3O2. The maximum absolute atomic E-state index is 14.1. The number of carbonyl (C=O) groups is 2. The van der Waals surface area contributed by atoms with E-state index >= 15 is 0 Å². The zero-order valence-corrected chi connectivity index (χ0v) is 18.8. The van der Waals surface area contributed by atoms with Crippen molar-refractivity contribution in [3.05, 3.63) is 90.0 Å². The van der Waals surface area contributed by atoms with Crippen molar-refractivity contribution in [2.24, 2.45) is 5.41 Å². The minimum atomic E-state index is -0.587. The van der Waals surface area contributed by atoms with Crippen LogP contribution in [0.5, 0.6) is 0 Å². The molecular weight excluding hydrogens is 417 g/mol. The summed E-state index contributed by atoms with van der Waals surface area (Å²) in [5.74, 6) is -0.337. The highest BCUT2D eigenvalue weighted by Gasteiger charge is 2.42. The number of benzene rings is 2. The average molecular weight is 446 g/mol. The van der Waals surface area contributed by atoms with Crippen LogP contribution in [-0.2, 0) is 11.2 Å². The number of carbonyl (C=O) groups excluding carboxylic acids is 2. The van der Waals surface area contributed by atoms with Crippen molar-refractivity contribution in [3.8, 4) is 11.1 Å². The maximum atomic E-state index is 14.1. The molecule has 6 heteroatoms. The van der Waals surface area contributed by atoms with Crippen molar-refractivity contribution >= 4 is 11.8 Å². The molecule has 0 aliphatic carbocycles. The van der Waals surface area contributed by atoms with Gasteiger partial charge in [-0.25, -0.2) is 4.39 Å². The number of aromatic nitrogens is 1. The van der Waals surface area contributed by atoms with Gasteiger partial charge in [-0.1, -0.05) is 48.5 Å². The molecule has 1 aliphatic heterocycles. The predicted octanol–water partition coefficient (Wildman–Crippen LogP) is 4.49. The van der Waals surface area contributed by atoms with E-state index in [4.69, 9.17) is 0 Å². The van der Waals surface area contributed by atoms with E-state index in [1.54, 1.807) is 41.4 Å². The molecule has 0 spiro atoms. The second-order valence-corrected chi connectivity index (χ2v) is 8.50. The molecule has 4 rings (SSSR count). The van der Waals surface area contributed by atoms with Crippen LogP contribution < -0.4 is 5.32 Å². The lowest BCUT2D eigenvalue weighted by Crippen LogP contribution is -2.51. The molecule has 170 valence electrons. The number of rotatable bonds is 6. The third-order valence-electron chi connectivity index (χ3n) is 6.39. The number of pyridine rings is 1. The number of amides is 2. The smallest absolute Gasteiger partial charge is 0.272 e. The first-order chi connectivity index (χ1) is 16.0. The average Bonchev–Trinajstić information content (AvgIpc) is 2.86. The van der Waals surface area contributed by atoms with E-state index in [0.717, 1.165) is 11.1 Å². The Morgan fingerprint density at radius 2 is 1.70 bits per heavy atom. The van der Waals surface area contributed by atoms with Crippen molar-refractivity contribution in [1.29, 1.82) is 0 Å². The second-order valence-electron chi connectivity index (χ2n) is 8.50. The van der Waals surface area contributed by atoms with Gasteiger partial charge in [-0.3, -0.25) is 14.6 Å².